The van der Waals surface area contributed by atoms with Crippen LogP contribution in [0.1, 0.15) is 466 Å². The van der Waals surface area contributed by atoms with E-state index in [-0.39, 0.29) is 221 Å². The minimum Gasteiger partial charge on any atom is -0.463 e. The molecule has 24 aliphatic rings. The lowest BCUT2D eigenvalue weighted by Gasteiger charge is -2.62. The molecule has 24 fully saturated rings. The van der Waals surface area contributed by atoms with Crippen LogP contribution in [-0.2, 0) is 110 Å². The molecule has 22 aliphatic carbocycles. The van der Waals surface area contributed by atoms with Crippen LogP contribution in [0.25, 0.3) is 0 Å². The lowest BCUT2D eigenvalue weighted by molar-refractivity contribution is -0.231. The second kappa shape index (κ2) is 51.7. The van der Waals surface area contributed by atoms with Crippen molar-refractivity contribution >= 4 is 65.7 Å². The SMILES string of the molecule is C.C.C.C.C.C.C.C.C.C.C.C.CCC(C)(C)C(=O)OC1(C(C)C)C2CC3CC(C2)CC1C3.CCC(C)(C)C(=O)OC12CC3CC(CC(O)(C3)C1)C2.CCC(C)(C)C(=O)OC1C2CC3CC1CC(C(=O)OCOCC14CC5CC(CC(C5)C1)C4)(C3)C2.CCC(C)(C)C(=O)OC1CCOC1=O.CCC(C)(C)C(=O)OCC(=O)OC1(C)C2CC3CC(C2)CC1C3.CCC(C)(C)C(=O)OCC(=O)OC1C2CC3C(=O)OC1C3C2. The summed E-state index contributed by atoms with van der Waals surface area (Å²) in [6.45, 7) is 41.8. The van der Waals surface area contributed by atoms with Gasteiger partial charge < -0.3 is 61.9 Å². The molecule has 24 rings (SSSR count). The molecule has 10 unspecified atom stereocenters. The molecule has 22 saturated carbocycles. The van der Waals surface area contributed by atoms with E-state index in [1.165, 1.54) is 109 Å². The zero-order chi connectivity index (χ0) is 96.7. The molecule has 2 heterocycles. The first-order valence-corrected chi connectivity index (χ1v) is 52.8. The van der Waals surface area contributed by atoms with E-state index < -0.39 is 56.7 Å². The van der Waals surface area contributed by atoms with Gasteiger partial charge in [0.25, 0.3) is 0 Å². The maximum absolute atomic E-state index is 13.3. The summed E-state index contributed by atoms with van der Waals surface area (Å²) < 4.78 is 67.0. The van der Waals surface area contributed by atoms with Crippen molar-refractivity contribution in [2.75, 3.05) is 33.2 Å². The molecule has 2 saturated heterocycles. The standard InChI is InChI=1S/C29H44O5.C19H30O4.C19H32O2.C16H22O6.C16H26O3.C10H16O4.12CH4/c1-4-27(2,3)25(30)34-24-22-8-21-9-23(24)15-29(13-21,14-22)26(31)33-17-32-16-28-10-18-5-19(11-28)7-20(6-18)12-28;1-5-18(2,3)17(21)22-11-16(20)23-19(4)14-7-12-6-13(9-14)10-15(19)8-12;1-6-18(4,5)17(20)21-19(12(2)3)15-8-13-7-14(10-15)11-16(19)9-13;1-4-16(2,3)15(19)20-7-11(17)21-12-8-5-9-10(6-8)14(18)22-13(9)12;1-4-14(2,3)13(17)19-16-8-11-5-12(9-16)7-15(18,6-11)10-16;1-4-10(2,3)9(12)14-7-5-6-13-8(7)11;;;;;;;;;;;;/h18-24H,4-17H2,1-3H3;12-15H,5-11H2,1-4H3;12-16H,6-11H2,1-5H3;8-10,12-13H,4-7H2,1-3H3;11-12,18H,4-10H2,1-3H3;7H,4-6H2,1-3H3;12*1H4. The molecule has 10 atom stereocenters. The van der Waals surface area contributed by atoms with Gasteiger partial charge in [-0.05, 0) is 414 Å². The van der Waals surface area contributed by atoms with Crippen molar-refractivity contribution in [3.8, 4) is 0 Å². The van der Waals surface area contributed by atoms with Crippen LogP contribution in [0.3, 0.4) is 0 Å². The van der Waals surface area contributed by atoms with E-state index in [0.29, 0.717) is 103 Å². The number of cyclic esters (lactones) is 1. The fourth-order valence-corrected chi connectivity index (χ4v) is 29.9. The predicted octanol–water partition coefficient (Wildman–Crippen LogP) is 27.9. The van der Waals surface area contributed by atoms with E-state index >= 15 is 0 Å². The molecular formula is C121H218O24. The number of carbonyl (C=O) groups excluding carboxylic acids is 11. The third kappa shape index (κ3) is 28.6. The van der Waals surface area contributed by atoms with Crippen LogP contribution in [0.5, 0.6) is 0 Å². The van der Waals surface area contributed by atoms with Crippen molar-refractivity contribution < 1.29 is 115 Å². The quantitative estimate of drug-likeness (QED) is 0.0329. The van der Waals surface area contributed by atoms with E-state index in [9.17, 15) is 57.8 Å². The summed E-state index contributed by atoms with van der Waals surface area (Å²) >= 11 is 0. The molecule has 846 valence electrons. The van der Waals surface area contributed by atoms with Crippen molar-refractivity contribution in [2.45, 2.75) is 512 Å². The number of carbonyl (C=O) groups is 11. The largest absolute Gasteiger partial charge is 0.463 e. The van der Waals surface area contributed by atoms with Crippen molar-refractivity contribution in [1.82, 2.24) is 0 Å². The monoisotopic (exact) mass is 2060 g/mol. The van der Waals surface area contributed by atoms with Crippen LogP contribution >= 0.6 is 0 Å². The molecular weight excluding hydrogens is 1840 g/mol. The van der Waals surface area contributed by atoms with E-state index in [1.54, 1.807) is 27.7 Å². The van der Waals surface area contributed by atoms with Gasteiger partial charge in [-0.15, -0.1) is 0 Å². The smallest absolute Gasteiger partial charge is 0.347 e. The van der Waals surface area contributed by atoms with Crippen molar-refractivity contribution in [3.63, 3.8) is 0 Å². The second-order valence-electron chi connectivity index (χ2n) is 51.1. The molecule has 0 aromatic carbocycles. The number of rotatable bonds is 28. The van der Waals surface area contributed by atoms with E-state index in [0.717, 1.165) is 138 Å². The Morgan fingerprint density at radius 2 is 0.779 bits per heavy atom. The number of hydrogen-bond donors (Lipinski definition) is 1. The normalized spacial score (nSPS) is 36.2. The molecule has 0 aromatic heterocycles. The van der Waals surface area contributed by atoms with E-state index in [2.05, 4.69) is 27.7 Å². The Morgan fingerprint density at radius 3 is 1.20 bits per heavy atom. The Balaban J connectivity index is 0.000000589. The molecule has 22 bridgehead atoms. The number of hydrogen-bond acceptors (Lipinski definition) is 24. The van der Waals surface area contributed by atoms with Crippen LogP contribution in [0.2, 0.25) is 0 Å². The Hall–Kier alpha value is -5.91. The minimum absolute atomic E-state index is 0. The Labute approximate surface area is 882 Å². The molecule has 0 radical (unpaired) electrons. The van der Waals surface area contributed by atoms with Crippen molar-refractivity contribution in [2.24, 2.45) is 162 Å². The number of ether oxygens (including phenoxy) is 12. The van der Waals surface area contributed by atoms with Crippen molar-refractivity contribution in [1.29, 1.82) is 0 Å². The minimum atomic E-state index is -0.687. The van der Waals surface area contributed by atoms with Crippen molar-refractivity contribution in [3.05, 3.63) is 0 Å². The third-order valence-corrected chi connectivity index (χ3v) is 38.8. The van der Waals surface area contributed by atoms with Crippen LogP contribution in [0, 0.1) is 162 Å². The number of fused-ring (bicyclic) bond motifs is 1. The molecule has 24 nitrogen and oxygen atoms in total. The molecule has 0 aromatic rings. The van der Waals surface area contributed by atoms with Crippen LogP contribution < -0.4 is 0 Å². The molecule has 1 N–H and O–H groups in total. The summed E-state index contributed by atoms with van der Waals surface area (Å²) in [5, 5.41) is 10.6. The van der Waals surface area contributed by atoms with Crippen LogP contribution in [0.4, 0.5) is 0 Å². The van der Waals surface area contributed by atoms with E-state index in [4.69, 9.17) is 56.8 Å². The molecule has 24 heteroatoms. The summed E-state index contributed by atoms with van der Waals surface area (Å²) in [4.78, 5) is 134. The first kappa shape index (κ1) is 135. The maximum Gasteiger partial charge on any atom is 0.347 e. The zero-order valence-corrected chi connectivity index (χ0v) is 85.2. The van der Waals surface area contributed by atoms with Gasteiger partial charge in [-0.25, -0.2) is 14.4 Å². The maximum atomic E-state index is 13.3. The summed E-state index contributed by atoms with van der Waals surface area (Å²) in [7, 11) is 0. The van der Waals surface area contributed by atoms with Crippen LogP contribution in [0.15, 0.2) is 0 Å². The second-order valence-corrected chi connectivity index (χ2v) is 51.1. The molecule has 2 aliphatic heterocycles. The fourth-order valence-electron chi connectivity index (χ4n) is 29.9. The number of aliphatic hydroxyl groups is 1. The lowest BCUT2D eigenvalue weighted by atomic mass is 9.47. The summed E-state index contributed by atoms with van der Waals surface area (Å²) in [6, 6.07) is 0. The number of esters is 11. The van der Waals surface area contributed by atoms with Gasteiger partial charge >= 0.3 is 65.7 Å². The first-order valence-electron chi connectivity index (χ1n) is 52.8. The summed E-state index contributed by atoms with van der Waals surface area (Å²) in [5.74, 6) is 8.74. The highest BCUT2D eigenvalue weighted by molar-refractivity contribution is 5.84. The van der Waals surface area contributed by atoms with Gasteiger partial charge in [-0.1, -0.05) is 145 Å². The van der Waals surface area contributed by atoms with Gasteiger partial charge in [-0.2, -0.15) is 0 Å². The summed E-state index contributed by atoms with van der Waals surface area (Å²) in [6.07, 6.45) is 36.5. The lowest BCUT2D eigenvalue weighted by Crippen LogP contribution is -2.63. The van der Waals surface area contributed by atoms with Gasteiger partial charge in [0.1, 0.15) is 35.1 Å². The highest BCUT2D eigenvalue weighted by Gasteiger charge is 2.67. The van der Waals surface area contributed by atoms with Gasteiger partial charge in [0, 0.05) is 24.7 Å². The first-order chi connectivity index (χ1) is 62.3. The average molecular weight is 2060 g/mol. The highest BCUT2D eigenvalue weighted by Crippen LogP contribution is 2.67. The van der Waals surface area contributed by atoms with Gasteiger partial charge in [0.05, 0.1) is 62.6 Å². The Kier molecular flexibility index (Phi) is 48.2. The fraction of sp³-hybridized carbons (Fsp3) is 0.909. The highest BCUT2D eigenvalue weighted by atomic mass is 16.7. The van der Waals surface area contributed by atoms with Gasteiger partial charge in [-0.3, -0.25) is 38.4 Å². The molecule has 0 spiro atoms. The molecule has 145 heavy (non-hydrogen) atoms. The van der Waals surface area contributed by atoms with Gasteiger partial charge in [0.2, 0.25) is 6.10 Å². The predicted molar refractivity (Wildman–Crippen MR) is 576 cm³/mol. The topological polar surface area (TPSA) is 319 Å². The average Bonchev–Trinajstić information content (AvgIpc) is 1.43. The van der Waals surface area contributed by atoms with Crippen LogP contribution in [-0.4, -0.2) is 151 Å². The Morgan fingerprint density at radius 1 is 0.386 bits per heavy atom. The third-order valence-electron chi connectivity index (χ3n) is 38.8. The van der Waals surface area contributed by atoms with Gasteiger partial charge in [0.15, 0.2) is 20.0 Å². The summed E-state index contributed by atoms with van der Waals surface area (Å²) in [5.41, 5.74) is -4.36. The Bertz CT molecular complexity index is 4110. The zero-order valence-electron chi connectivity index (χ0n) is 85.2. The molecule has 0 amide bonds. The van der Waals surface area contributed by atoms with E-state index in [1.807, 2.05) is 90.0 Å².